The van der Waals surface area contributed by atoms with Gasteiger partial charge in [-0.1, -0.05) is 34.6 Å². The van der Waals surface area contributed by atoms with Gasteiger partial charge < -0.3 is 20.2 Å². The third-order valence-corrected chi connectivity index (χ3v) is 5.27. The molecule has 0 aliphatic carbocycles. The van der Waals surface area contributed by atoms with Crippen LogP contribution in [0.1, 0.15) is 59.6 Å². The Morgan fingerprint density at radius 1 is 1.07 bits per heavy atom. The summed E-state index contributed by atoms with van der Waals surface area (Å²) in [6.07, 6.45) is 2.87. The van der Waals surface area contributed by atoms with Gasteiger partial charge in [-0.3, -0.25) is 14.9 Å². The fourth-order valence-corrected chi connectivity index (χ4v) is 3.50. The first-order valence-electron chi connectivity index (χ1n) is 11.1. The average Bonchev–Trinajstić information content (AvgIpc) is 3.20. The van der Waals surface area contributed by atoms with Crippen molar-refractivity contribution in [2.24, 2.45) is 17.8 Å². The molecule has 4 atom stereocenters. The number of carbonyl (C=O) groups excluding carboxylic acids is 2. The SMILES string of the molecule is CN[C@@H](CC(C)C)[C@@H](O)C[C@@H](C)C(=O)CN[C@@H](CC(C)C)C(=O)NCc1ccco1. The number of nitrogens with one attached hydrogen (secondary N) is 3. The van der Waals surface area contributed by atoms with Crippen LogP contribution < -0.4 is 16.0 Å². The Kier molecular flexibility index (Phi) is 11.9. The van der Waals surface area contributed by atoms with Crippen LogP contribution in [0.2, 0.25) is 0 Å². The highest BCUT2D eigenvalue weighted by molar-refractivity contribution is 5.85. The van der Waals surface area contributed by atoms with Crippen LogP contribution in [0.15, 0.2) is 22.8 Å². The molecule has 7 nitrogen and oxygen atoms in total. The third kappa shape index (κ3) is 9.87. The smallest absolute Gasteiger partial charge is 0.237 e. The van der Waals surface area contributed by atoms with E-state index in [1.807, 2.05) is 27.8 Å². The molecule has 7 heteroatoms. The van der Waals surface area contributed by atoms with Gasteiger partial charge in [-0.15, -0.1) is 0 Å². The molecule has 0 spiro atoms. The molecule has 1 aromatic heterocycles. The fourth-order valence-electron chi connectivity index (χ4n) is 3.50. The Hall–Kier alpha value is -1.70. The highest BCUT2D eigenvalue weighted by Crippen LogP contribution is 2.16. The number of amides is 1. The van der Waals surface area contributed by atoms with Crippen LogP contribution in [0.4, 0.5) is 0 Å². The standard InChI is InChI=1S/C23H41N3O4/c1-15(2)10-19(24-6)21(27)12-17(5)22(28)14-25-20(11-16(3)4)23(29)26-13-18-8-7-9-30-18/h7-9,15-17,19-21,24-25,27H,10-14H2,1-6H3,(H,26,29)/t17-,19+,20+,21+/m1/s1. The van der Waals surface area contributed by atoms with Crippen LogP contribution in [0.5, 0.6) is 0 Å². The average molecular weight is 424 g/mol. The van der Waals surface area contributed by atoms with Crippen molar-refractivity contribution in [2.75, 3.05) is 13.6 Å². The minimum atomic E-state index is -0.584. The largest absolute Gasteiger partial charge is 0.467 e. The van der Waals surface area contributed by atoms with Crippen molar-refractivity contribution in [1.82, 2.24) is 16.0 Å². The van der Waals surface area contributed by atoms with Gasteiger partial charge in [0.15, 0.2) is 0 Å². The number of aliphatic hydroxyl groups is 1. The van der Waals surface area contributed by atoms with Crippen molar-refractivity contribution >= 4 is 11.7 Å². The van der Waals surface area contributed by atoms with E-state index in [1.165, 1.54) is 0 Å². The maximum absolute atomic E-state index is 12.6. The highest BCUT2D eigenvalue weighted by Gasteiger charge is 2.26. The minimum absolute atomic E-state index is 0.000964. The second-order valence-corrected chi connectivity index (χ2v) is 9.06. The van der Waals surface area contributed by atoms with Crippen molar-refractivity contribution in [1.29, 1.82) is 0 Å². The van der Waals surface area contributed by atoms with Crippen LogP contribution in [-0.2, 0) is 16.1 Å². The molecule has 0 radical (unpaired) electrons. The molecule has 0 aromatic carbocycles. The number of hydrogen-bond donors (Lipinski definition) is 4. The molecular weight excluding hydrogens is 382 g/mol. The number of Topliss-reactive ketones (excluding diaryl/α,β-unsaturated/α-hetero) is 1. The molecule has 0 unspecified atom stereocenters. The molecule has 4 N–H and O–H groups in total. The topological polar surface area (TPSA) is 104 Å². The molecule has 1 amide bonds. The van der Waals surface area contributed by atoms with E-state index in [-0.39, 0.29) is 30.2 Å². The molecule has 1 heterocycles. The quantitative estimate of drug-likeness (QED) is 0.346. The van der Waals surface area contributed by atoms with Crippen LogP contribution in [0.3, 0.4) is 0 Å². The van der Waals surface area contributed by atoms with Gasteiger partial charge in [0.2, 0.25) is 5.91 Å². The monoisotopic (exact) mass is 423 g/mol. The molecule has 0 aliphatic rings. The minimum Gasteiger partial charge on any atom is -0.467 e. The molecule has 1 rings (SSSR count). The summed E-state index contributed by atoms with van der Waals surface area (Å²) in [5, 5.41) is 19.6. The van der Waals surface area contributed by atoms with Crippen molar-refractivity contribution in [2.45, 2.75) is 78.6 Å². The first-order chi connectivity index (χ1) is 14.1. The zero-order valence-electron chi connectivity index (χ0n) is 19.4. The van der Waals surface area contributed by atoms with Gasteiger partial charge in [-0.05, 0) is 50.3 Å². The lowest BCUT2D eigenvalue weighted by Crippen LogP contribution is -2.47. The maximum Gasteiger partial charge on any atom is 0.237 e. The van der Waals surface area contributed by atoms with Gasteiger partial charge in [0, 0.05) is 12.0 Å². The van der Waals surface area contributed by atoms with Gasteiger partial charge in [0.25, 0.3) is 0 Å². The first-order valence-corrected chi connectivity index (χ1v) is 11.1. The Balaban J connectivity index is 2.55. The summed E-state index contributed by atoms with van der Waals surface area (Å²) in [6, 6.07) is 3.10. The van der Waals surface area contributed by atoms with E-state index in [1.54, 1.807) is 18.4 Å². The van der Waals surface area contributed by atoms with Gasteiger partial charge in [-0.25, -0.2) is 0 Å². The number of aliphatic hydroxyl groups excluding tert-OH is 1. The molecule has 0 saturated carbocycles. The Morgan fingerprint density at radius 3 is 2.27 bits per heavy atom. The zero-order valence-corrected chi connectivity index (χ0v) is 19.4. The molecule has 0 saturated heterocycles. The number of hydrogen-bond acceptors (Lipinski definition) is 6. The van der Waals surface area contributed by atoms with E-state index in [2.05, 4.69) is 29.8 Å². The highest BCUT2D eigenvalue weighted by atomic mass is 16.3. The predicted octanol–water partition coefficient (Wildman–Crippen LogP) is 2.49. The van der Waals surface area contributed by atoms with E-state index in [4.69, 9.17) is 4.42 Å². The number of likely N-dealkylation sites (N-methyl/N-ethyl adjacent to an activating group) is 1. The molecular formula is C23H41N3O4. The predicted molar refractivity (Wildman–Crippen MR) is 119 cm³/mol. The second kappa shape index (κ2) is 13.6. The van der Waals surface area contributed by atoms with E-state index >= 15 is 0 Å². The van der Waals surface area contributed by atoms with Crippen LogP contribution in [0, 0.1) is 17.8 Å². The van der Waals surface area contributed by atoms with Crippen LogP contribution in [0.25, 0.3) is 0 Å². The van der Waals surface area contributed by atoms with Crippen molar-refractivity contribution in [3.8, 4) is 0 Å². The lowest BCUT2D eigenvalue weighted by atomic mass is 9.91. The van der Waals surface area contributed by atoms with Crippen molar-refractivity contribution in [3.05, 3.63) is 24.2 Å². The van der Waals surface area contributed by atoms with Crippen LogP contribution >= 0.6 is 0 Å². The molecule has 0 fully saturated rings. The second-order valence-electron chi connectivity index (χ2n) is 9.06. The number of carbonyl (C=O) groups is 2. The van der Waals surface area contributed by atoms with Gasteiger partial charge in [0.05, 0.1) is 31.5 Å². The summed E-state index contributed by atoms with van der Waals surface area (Å²) in [5.41, 5.74) is 0. The van der Waals surface area contributed by atoms with E-state index in [9.17, 15) is 14.7 Å². The number of furan rings is 1. The van der Waals surface area contributed by atoms with E-state index < -0.39 is 12.1 Å². The van der Waals surface area contributed by atoms with Gasteiger partial charge in [-0.2, -0.15) is 0 Å². The summed E-state index contributed by atoms with van der Waals surface area (Å²) >= 11 is 0. The Bertz CT molecular complexity index is 616. The summed E-state index contributed by atoms with van der Waals surface area (Å²) in [4.78, 5) is 25.2. The summed E-state index contributed by atoms with van der Waals surface area (Å²) < 4.78 is 5.25. The number of ketones is 1. The van der Waals surface area contributed by atoms with Crippen molar-refractivity contribution < 1.29 is 19.1 Å². The molecule has 0 bridgehead atoms. The summed E-state index contributed by atoms with van der Waals surface area (Å²) in [6.45, 7) is 10.6. The third-order valence-electron chi connectivity index (χ3n) is 5.27. The lowest BCUT2D eigenvalue weighted by molar-refractivity contribution is -0.125. The van der Waals surface area contributed by atoms with Gasteiger partial charge in [0.1, 0.15) is 11.5 Å². The lowest BCUT2D eigenvalue weighted by Gasteiger charge is -2.26. The van der Waals surface area contributed by atoms with E-state index in [0.717, 1.165) is 6.42 Å². The zero-order chi connectivity index (χ0) is 22.7. The van der Waals surface area contributed by atoms with Crippen molar-refractivity contribution in [3.63, 3.8) is 0 Å². The molecule has 0 aliphatic heterocycles. The summed E-state index contributed by atoms with van der Waals surface area (Å²) in [7, 11) is 1.84. The van der Waals surface area contributed by atoms with Crippen LogP contribution in [-0.4, -0.2) is 48.6 Å². The molecule has 30 heavy (non-hydrogen) atoms. The first kappa shape index (κ1) is 26.3. The Labute approximate surface area is 181 Å². The summed E-state index contributed by atoms with van der Waals surface area (Å²) in [5.74, 6) is 1.01. The maximum atomic E-state index is 12.6. The Morgan fingerprint density at radius 2 is 1.73 bits per heavy atom. The molecule has 172 valence electrons. The van der Waals surface area contributed by atoms with Gasteiger partial charge >= 0.3 is 0 Å². The normalized spacial score (nSPS) is 15.8. The fraction of sp³-hybridized carbons (Fsp3) is 0.739. The number of rotatable bonds is 15. The van der Waals surface area contributed by atoms with E-state index in [0.29, 0.717) is 37.0 Å². The molecule has 1 aromatic rings.